The first-order valence-corrected chi connectivity index (χ1v) is 13.4. The molecule has 0 atom stereocenters. The molecule has 5 rings (SSSR count). The lowest BCUT2D eigenvalue weighted by Crippen LogP contribution is -2.12. The highest BCUT2D eigenvalue weighted by molar-refractivity contribution is 7.92. The quantitative estimate of drug-likeness (QED) is 0.239. The fraction of sp³-hybridized carbons (Fsp3) is 0.107. The monoisotopic (exact) mass is 527 g/mol. The summed E-state index contributed by atoms with van der Waals surface area (Å²) in [4.78, 5) is 20.2. The minimum absolute atomic E-state index is 0.0822. The SMILES string of the molecule is Cc1ccc(S(=O)(=O)Nc2ccc(Nc3nc(-c4ccc(CCC(=O)O)cc4)cn4ccnc34)cc2)cc1. The highest BCUT2D eigenvalue weighted by atomic mass is 32.2. The third-order valence-corrected chi connectivity index (χ3v) is 7.38. The number of aryl methyl sites for hydroxylation is 2. The first-order valence-electron chi connectivity index (χ1n) is 11.9. The highest BCUT2D eigenvalue weighted by Gasteiger charge is 2.14. The van der Waals surface area contributed by atoms with E-state index in [0.717, 1.165) is 16.7 Å². The number of hydrogen-bond donors (Lipinski definition) is 3. The van der Waals surface area contributed by atoms with Gasteiger partial charge in [-0.15, -0.1) is 0 Å². The Morgan fingerprint density at radius 2 is 1.63 bits per heavy atom. The van der Waals surface area contributed by atoms with Crippen molar-refractivity contribution in [2.45, 2.75) is 24.7 Å². The first-order chi connectivity index (χ1) is 18.3. The molecule has 3 N–H and O–H groups in total. The summed E-state index contributed by atoms with van der Waals surface area (Å²) in [6, 6.07) is 21.2. The van der Waals surface area contributed by atoms with Gasteiger partial charge in [0.15, 0.2) is 11.5 Å². The molecule has 0 saturated carbocycles. The molecule has 0 aliphatic heterocycles. The second kappa shape index (κ2) is 10.3. The van der Waals surface area contributed by atoms with Crippen LogP contribution in [0.15, 0.2) is 96.3 Å². The molecular weight excluding hydrogens is 502 g/mol. The van der Waals surface area contributed by atoms with Crippen molar-refractivity contribution >= 4 is 38.8 Å². The molecule has 0 aliphatic carbocycles. The number of nitrogens with zero attached hydrogens (tertiary/aromatic N) is 3. The summed E-state index contributed by atoms with van der Waals surface area (Å²) >= 11 is 0. The fourth-order valence-electron chi connectivity index (χ4n) is 3.94. The zero-order valence-electron chi connectivity index (χ0n) is 20.5. The van der Waals surface area contributed by atoms with Gasteiger partial charge in [0.05, 0.1) is 10.6 Å². The number of sulfonamides is 1. The Morgan fingerprint density at radius 3 is 2.32 bits per heavy atom. The lowest BCUT2D eigenvalue weighted by Gasteiger charge is -2.12. The van der Waals surface area contributed by atoms with Gasteiger partial charge < -0.3 is 14.8 Å². The number of rotatable bonds is 9. The molecule has 2 aromatic heterocycles. The van der Waals surface area contributed by atoms with Gasteiger partial charge in [0.1, 0.15) is 0 Å². The summed E-state index contributed by atoms with van der Waals surface area (Å²) in [6.07, 6.45) is 5.94. The van der Waals surface area contributed by atoms with Crippen molar-refractivity contribution < 1.29 is 18.3 Å². The van der Waals surface area contributed by atoms with E-state index < -0.39 is 16.0 Å². The summed E-state index contributed by atoms with van der Waals surface area (Å²) < 4.78 is 29.9. The summed E-state index contributed by atoms with van der Waals surface area (Å²) in [6.45, 7) is 1.90. The topological polar surface area (TPSA) is 126 Å². The lowest BCUT2D eigenvalue weighted by atomic mass is 10.1. The maximum absolute atomic E-state index is 12.7. The molecule has 3 aromatic carbocycles. The van der Waals surface area contributed by atoms with E-state index in [1.54, 1.807) is 54.7 Å². The lowest BCUT2D eigenvalue weighted by molar-refractivity contribution is -0.136. The Balaban J connectivity index is 1.35. The van der Waals surface area contributed by atoms with Crippen LogP contribution in [0.25, 0.3) is 16.9 Å². The minimum Gasteiger partial charge on any atom is -0.481 e. The van der Waals surface area contributed by atoms with Crippen LogP contribution >= 0.6 is 0 Å². The van der Waals surface area contributed by atoms with Gasteiger partial charge >= 0.3 is 5.97 Å². The van der Waals surface area contributed by atoms with E-state index in [2.05, 4.69) is 15.0 Å². The van der Waals surface area contributed by atoms with Crippen LogP contribution in [0.4, 0.5) is 17.2 Å². The van der Waals surface area contributed by atoms with Crippen LogP contribution in [0, 0.1) is 6.92 Å². The predicted molar refractivity (Wildman–Crippen MR) is 146 cm³/mol. The van der Waals surface area contributed by atoms with E-state index in [4.69, 9.17) is 10.1 Å². The molecule has 0 fully saturated rings. The summed E-state index contributed by atoms with van der Waals surface area (Å²) in [5.41, 5.74) is 5.30. The van der Waals surface area contributed by atoms with E-state index in [-0.39, 0.29) is 11.3 Å². The van der Waals surface area contributed by atoms with Crippen LogP contribution in [0.5, 0.6) is 0 Å². The van der Waals surface area contributed by atoms with Crippen molar-refractivity contribution in [3.8, 4) is 11.3 Å². The van der Waals surface area contributed by atoms with Crippen molar-refractivity contribution in [2.75, 3.05) is 10.0 Å². The molecule has 0 aliphatic rings. The molecule has 0 amide bonds. The van der Waals surface area contributed by atoms with E-state index in [1.807, 2.05) is 48.0 Å². The van der Waals surface area contributed by atoms with Gasteiger partial charge in [-0.05, 0) is 55.3 Å². The van der Waals surface area contributed by atoms with Crippen molar-refractivity contribution in [3.63, 3.8) is 0 Å². The Kier molecular flexibility index (Phi) is 6.80. The average molecular weight is 528 g/mol. The Bertz CT molecular complexity index is 1700. The predicted octanol–water partition coefficient (Wildman–Crippen LogP) is 5.27. The van der Waals surface area contributed by atoms with Gasteiger partial charge in [0.25, 0.3) is 10.0 Å². The molecule has 0 spiro atoms. The van der Waals surface area contributed by atoms with Crippen LogP contribution in [0.3, 0.4) is 0 Å². The zero-order valence-corrected chi connectivity index (χ0v) is 21.3. The van der Waals surface area contributed by atoms with Gasteiger partial charge in [0, 0.05) is 41.9 Å². The van der Waals surface area contributed by atoms with Crippen molar-refractivity contribution in [1.29, 1.82) is 0 Å². The number of imidazole rings is 1. The van der Waals surface area contributed by atoms with Gasteiger partial charge in [0.2, 0.25) is 0 Å². The normalized spacial score (nSPS) is 11.4. The van der Waals surface area contributed by atoms with Gasteiger partial charge in [-0.25, -0.2) is 18.4 Å². The maximum Gasteiger partial charge on any atom is 0.303 e. The van der Waals surface area contributed by atoms with Gasteiger partial charge in [-0.3, -0.25) is 9.52 Å². The van der Waals surface area contributed by atoms with Gasteiger partial charge in [-0.2, -0.15) is 0 Å². The van der Waals surface area contributed by atoms with Crippen LogP contribution in [0.2, 0.25) is 0 Å². The minimum atomic E-state index is -3.70. The number of hydrogen-bond acceptors (Lipinski definition) is 6. The largest absolute Gasteiger partial charge is 0.481 e. The van der Waals surface area contributed by atoms with Crippen LogP contribution in [-0.4, -0.2) is 33.9 Å². The number of aromatic nitrogens is 3. The molecule has 192 valence electrons. The number of carboxylic acid groups (broad SMARTS) is 1. The number of fused-ring (bicyclic) bond motifs is 1. The molecule has 9 nitrogen and oxygen atoms in total. The average Bonchev–Trinajstić information content (AvgIpc) is 3.38. The molecule has 2 heterocycles. The molecule has 5 aromatic rings. The van der Waals surface area contributed by atoms with E-state index >= 15 is 0 Å². The summed E-state index contributed by atoms with van der Waals surface area (Å²) in [7, 11) is -3.70. The molecule has 10 heteroatoms. The second-order valence-electron chi connectivity index (χ2n) is 8.84. The standard InChI is InChI=1S/C28H25N5O4S/c1-19-2-13-24(14-3-19)38(36,37)32-23-11-9-22(10-12-23)30-27-28-29-16-17-33(28)18-25(31-27)21-7-4-20(5-8-21)6-15-26(34)35/h2-5,7-14,16-18,32H,6,15H2,1H3,(H,30,31)(H,34,35). The number of carbonyl (C=O) groups is 1. The smallest absolute Gasteiger partial charge is 0.303 e. The Hall–Kier alpha value is -4.70. The molecule has 0 unspecified atom stereocenters. The number of carboxylic acids is 1. The van der Waals surface area contributed by atoms with E-state index in [0.29, 0.717) is 35.0 Å². The first kappa shape index (κ1) is 25.0. The van der Waals surface area contributed by atoms with Gasteiger partial charge in [-0.1, -0.05) is 42.0 Å². The van der Waals surface area contributed by atoms with Crippen LogP contribution in [0.1, 0.15) is 17.5 Å². The molecule has 0 bridgehead atoms. The van der Waals surface area contributed by atoms with E-state index in [1.165, 1.54) is 0 Å². The zero-order chi connectivity index (χ0) is 26.7. The molecule has 0 radical (unpaired) electrons. The summed E-state index contributed by atoms with van der Waals surface area (Å²) in [5.74, 6) is -0.288. The van der Waals surface area contributed by atoms with Crippen molar-refractivity contribution in [1.82, 2.24) is 14.4 Å². The molecular formula is C28H25N5O4S. The van der Waals surface area contributed by atoms with Crippen molar-refractivity contribution in [2.24, 2.45) is 0 Å². The van der Waals surface area contributed by atoms with Crippen LogP contribution in [-0.2, 0) is 21.2 Å². The second-order valence-corrected chi connectivity index (χ2v) is 10.5. The summed E-state index contributed by atoms with van der Waals surface area (Å²) in [5, 5.41) is 12.2. The third kappa shape index (κ3) is 5.65. The van der Waals surface area contributed by atoms with Crippen molar-refractivity contribution in [3.05, 3.63) is 103 Å². The van der Waals surface area contributed by atoms with Crippen LogP contribution < -0.4 is 10.0 Å². The Morgan fingerprint density at radius 1 is 0.947 bits per heavy atom. The highest BCUT2D eigenvalue weighted by Crippen LogP contribution is 2.26. The van der Waals surface area contributed by atoms with E-state index in [9.17, 15) is 13.2 Å². The Labute approximate surface area is 219 Å². The maximum atomic E-state index is 12.7. The number of aliphatic carboxylic acids is 1. The molecule has 38 heavy (non-hydrogen) atoms. The number of benzene rings is 3. The number of anilines is 3. The number of nitrogens with one attached hydrogen (secondary N) is 2. The molecule has 0 saturated heterocycles. The third-order valence-electron chi connectivity index (χ3n) is 5.98. The fourth-order valence-corrected chi connectivity index (χ4v) is 5.00.